The number of hydrogen-bond donors (Lipinski definition) is 0. The Hall–Kier alpha value is 0.960. The first-order valence-electron chi connectivity index (χ1n) is 2.61. The molecule has 0 aromatic rings. The van der Waals surface area contributed by atoms with Gasteiger partial charge in [0.25, 0.3) is 6.72 Å². The maximum absolute atomic E-state index is 10.9. The van der Waals surface area contributed by atoms with Crippen LogP contribution < -0.4 is 0 Å². The van der Waals surface area contributed by atoms with Crippen LogP contribution in [0.5, 0.6) is 0 Å². The monoisotopic (exact) mass is 234 g/mol. The lowest BCUT2D eigenvalue weighted by molar-refractivity contribution is 0.346. The summed E-state index contributed by atoms with van der Waals surface area (Å²) in [7, 11) is 0. The summed E-state index contributed by atoms with van der Waals surface area (Å²) in [4.78, 5) is 0. The molecule has 2 nitrogen and oxygen atoms in total. The predicted octanol–water partition coefficient (Wildman–Crippen LogP) is 2.85. The second kappa shape index (κ2) is 4.73. The Kier molecular flexibility index (Phi) is 5.23. The molecule has 0 rings (SSSR count). The molecule has 0 saturated carbocycles. The summed E-state index contributed by atoms with van der Waals surface area (Å²) in [6, 6.07) is 0. The van der Waals surface area contributed by atoms with E-state index in [1.807, 2.05) is 0 Å². The molecule has 0 aromatic heterocycles. The van der Waals surface area contributed by atoms with Crippen LogP contribution in [0.3, 0.4) is 0 Å². The van der Waals surface area contributed by atoms with Gasteiger partial charge in [0.15, 0.2) is 0 Å². The van der Waals surface area contributed by atoms with Gasteiger partial charge < -0.3 is 4.52 Å². The van der Waals surface area contributed by atoms with Gasteiger partial charge in [-0.2, -0.15) is 0 Å². The summed E-state index contributed by atoms with van der Waals surface area (Å²) in [6.07, 6.45) is 0.391. The predicted molar refractivity (Wildman–Crippen MR) is 43.7 cm³/mol. The highest BCUT2D eigenvalue weighted by molar-refractivity contribution is 9.09. The number of rotatable bonds is 4. The summed E-state index contributed by atoms with van der Waals surface area (Å²) in [5.74, 6) is 0. The van der Waals surface area contributed by atoms with Gasteiger partial charge in [0.05, 0.1) is 6.61 Å². The van der Waals surface area contributed by atoms with Crippen LogP contribution in [0.15, 0.2) is 0 Å². The molecule has 56 valence electrons. The van der Waals surface area contributed by atoms with E-state index in [0.29, 0.717) is 18.1 Å². The molecule has 0 aliphatic rings. The van der Waals surface area contributed by atoms with Crippen molar-refractivity contribution in [1.82, 2.24) is 0 Å². The van der Waals surface area contributed by atoms with E-state index < -0.39 is 6.72 Å². The molecule has 1 atom stereocenters. The quantitative estimate of drug-likeness (QED) is 0.553. The number of alkyl halides is 1. The van der Waals surface area contributed by atoms with E-state index in [4.69, 9.17) is 15.8 Å². The lowest BCUT2D eigenvalue weighted by atomic mass is 10.9. The van der Waals surface area contributed by atoms with Crippen molar-refractivity contribution in [2.45, 2.75) is 6.92 Å². The van der Waals surface area contributed by atoms with Crippen molar-refractivity contribution in [3.63, 3.8) is 0 Å². The SMILES string of the molecule is CCOP(=O)(Cl)CCBr. The van der Waals surface area contributed by atoms with Crippen LogP contribution in [-0.4, -0.2) is 18.1 Å². The van der Waals surface area contributed by atoms with Crippen LogP contribution in [0.4, 0.5) is 0 Å². The van der Waals surface area contributed by atoms with Crippen LogP contribution in [-0.2, 0) is 9.09 Å². The molecule has 0 bridgehead atoms. The van der Waals surface area contributed by atoms with Gasteiger partial charge >= 0.3 is 0 Å². The standard InChI is InChI=1S/C4H9BrClO2P/c1-2-8-9(6,7)4-3-5/h2-4H2,1H3. The molecule has 0 aliphatic carbocycles. The topological polar surface area (TPSA) is 26.3 Å². The van der Waals surface area contributed by atoms with Crippen LogP contribution in [0, 0.1) is 0 Å². The van der Waals surface area contributed by atoms with Gasteiger partial charge in [-0.05, 0) is 18.2 Å². The van der Waals surface area contributed by atoms with Gasteiger partial charge in [0.2, 0.25) is 0 Å². The molecular weight excluding hydrogens is 226 g/mol. The van der Waals surface area contributed by atoms with Gasteiger partial charge in [0.1, 0.15) is 0 Å². The van der Waals surface area contributed by atoms with Gasteiger partial charge in [-0.1, -0.05) is 15.9 Å². The number of hydrogen-bond acceptors (Lipinski definition) is 2. The van der Waals surface area contributed by atoms with Crippen molar-refractivity contribution >= 4 is 33.9 Å². The molecule has 0 aromatic carbocycles. The van der Waals surface area contributed by atoms with Crippen molar-refractivity contribution in [3.8, 4) is 0 Å². The third-order valence-corrected chi connectivity index (χ3v) is 3.88. The lowest BCUT2D eigenvalue weighted by Gasteiger charge is -2.06. The third-order valence-electron chi connectivity index (χ3n) is 0.673. The van der Waals surface area contributed by atoms with Crippen LogP contribution >= 0.6 is 33.9 Å². The molecule has 0 amide bonds. The minimum atomic E-state index is -2.77. The minimum Gasteiger partial charge on any atom is -0.318 e. The molecule has 0 aliphatic heterocycles. The fraction of sp³-hybridized carbons (Fsp3) is 1.00. The molecule has 9 heavy (non-hydrogen) atoms. The molecule has 0 N–H and O–H groups in total. The molecule has 0 spiro atoms. The Bertz CT molecular complexity index is 109. The second-order valence-electron chi connectivity index (χ2n) is 1.42. The largest absolute Gasteiger partial charge is 0.318 e. The molecule has 1 unspecified atom stereocenters. The van der Waals surface area contributed by atoms with Crippen molar-refractivity contribution in [2.75, 3.05) is 18.1 Å². The Morgan fingerprint density at radius 2 is 2.33 bits per heavy atom. The first kappa shape index (κ1) is 9.96. The molecule has 5 heteroatoms. The average Bonchev–Trinajstić information content (AvgIpc) is 1.64. The van der Waals surface area contributed by atoms with Crippen molar-refractivity contribution in [1.29, 1.82) is 0 Å². The fourth-order valence-electron chi connectivity index (χ4n) is 0.358. The van der Waals surface area contributed by atoms with Crippen LogP contribution in [0.1, 0.15) is 6.92 Å². The van der Waals surface area contributed by atoms with E-state index in [9.17, 15) is 4.57 Å². The minimum absolute atomic E-state index is 0.391. The van der Waals surface area contributed by atoms with Crippen LogP contribution in [0.25, 0.3) is 0 Å². The zero-order chi connectivity index (χ0) is 7.33. The average molecular weight is 235 g/mol. The smallest absolute Gasteiger partial charge is 0.291 e. The van der Waals surface area contributed by atoms with E-state index in [2.05, 4.69) is 15.9 Å². The molecule has 0 heterocycles. The Labute approximate surface area is 68.3 Å². The molecule has 0 radical (unpaired) electrons. The number of halogens is 2. The second-order valence-corrected chi connectivity index (χ2v) is 5.64. The van der Waals surface area contributed by atoms with Gasteiger partial charge in [-0.3, -0.25) is 4.57 Å². The lowest BCUT2D eigenvalue weighted by Crippen LogP contribution is -1.89. The van der Waals surface area contributed by atoms with Crippen molar-refractivity contribution in [3.05, 3.63) is 0 Å². The van der Waals surface area contributed by atoms with E-state index in [1.165, 1.54) is 0 Å². The highest BCUT2D eigenvalue weighted by Gasteiger charge is 2.16. The fourth-order valence-corrected chi connectivity index (χ4v) is 3.63. The van der Waals surface area contributed by atoms with E-state index in [0.717, 1.165) is 0 Å². The van der Waals surface area contributed by atoms with Crippen LogP contribution in [0.2, 0.25) is 0 Å². The zero-order valence-electron chi connectivity index (χ0n) is 5.14. The highest BCUT2D eigenvalue weighted by atomic mass is 79.9. The summed E-state index contributed by atoms with van der Waals surface area (Å²) in [5, 5.41) is 0.619. The maximum Gasteiger partial charge on any atom is 0.291 e. The Morgan fingerprint density at radius 3 is 2.67 bits per heavy atom. The summed E-state index contributed by atoms with van der Waals surface area (Å²) >= 11 is 8.56. The first-order valence-corrected chi connectivity index (χ1v) is 6.45. The normalized spacial score (nSPS) is 17.2. The molecular formula is C4H9BrClO2P. The highest BCUT2D eigenvalue weighted by Crippen LogP contribution is 2.51. The van der Waals surface area contributed by atoms with Gasteiger partial charge in [-0.25, -0.2) is 0 Å². The third kappa shape index (κ3) is 5.41. The van der Waals surface area contributed by atoms with Crippen molar-refractivity contribution in [2.24, 2.45) is 0 Å². The summed E-state index contributed by atoms with van der Waals surface area (Å²) in [5.41, 5.74) is 0. The zero-order valence-corrected chi connectivity index (χ0v) is 8.38. The van der Waals surface area contributed by atoms with E-state index >= 15 is 0 Å². The van der Waals surface area contributed by atoms with E-state index in [-0.39, 0.29) is 0 Å². The van der Waals surface area contributed by atoms with Crippen molar-refractivity contribution < 1.29 is 9.09 Å². The molecule has 0 fully saturated rings. The summed E-state index contributed by atoms with van der Waals surface area (Å²) in [6.45, 7) is -0.590. The van der Waals surface area contributed by atoms with E-state index in [1.54, 1.807) is 6.92 Å². The summed E-state index contributed by atoms with van der Waals surface area (Å²) < 4.78 is 15.7. The maximum atomic E-state index is 10.9. The van der Waals surface area contributed by atoms with Gasteiger partial charge in [-0.15, -0.1) is 0 Å². The first-order chi connectivity index (χ1) is 4.12. The Balaban J connectivity index is 3.58. The van der Waals surface area contributed by atoms with Gasteiger partial charge in [0, 0.05) is 11.5 Å². The molecule has 0 saturated heterocycles. The Morgan fingerprint density at radius 1 is 1.78 bits per heavy atom.